The Morgan fingerprint density at radius 2 is 2.33 bits per heavy atom. The highest BCUT2D eigenvalue weighted by Gasteiger charge is 2.21. The van der Waals surface area contributed by atoms with Crippen LogP contribution in [0.4, 0.5) is 9.52 Å². The molecule has 0 bridgehead atoms. The average molecular weight is 370 g/mol. The van der Waals surface area contributed by atoms with Gasteiger partial charge in [-0.2, -0.15) is 0 Å². The fraction of sp³-hybridized carbons (Fsp3) is 0.412. The van der Waals surface area contributed by atoms with Crippen molar-refractivity contribution in [2.45, 2.75) is 26.2 Å². The van der Waals surface area contributed by atoms with Crippen molar-refractivity contribution in [2.75, 3.05) is 18.4 Å². The summed E-state index contributed by atoms with van der Waals surface area (Å²) in [5, 5.41) is 6.74. The zero-order valence-corrected chi connectivity index (χ0v) is 15.1. The number of anilines is 1. The Morgan fingerprint density at radius 3 is 3.04 bits per heavy atom. The first-order chi connectivity index (χ1) is 11.1. The number of nitrogens with zero attached hydrogens (tertiary/aromatic N) is 1. The largest absolute Gasteiger partial charge is 0.316 e. The predicted octanol–water partition coefficient (Wildman–Crippen LogP) is 3.54. The minimum Gasteiger partial charge on any atom is -0.316 e. The van der Waals surface area contributed by atoms with E-state index in [2.05, 4.69) is 15.6 Å². The van der Waals surface area contributed by atoms with E-state index in [1.807, 2.05) is 6.07 Å². The zero-order valence-electron chi connectivity index (χ0n) is 13.5. The Kier molecular flexibility index (Phi) is 6.71. The van der Waals surface area contributed by atoms with Crippen molar-refractivity contribution in [2.24, 2.45) is 5.92 Å². The van der Waals surface area contributed by atoms with Gasteiger partial charge in [-0.15, -0.1) is 23.7 Å². The number of hydrogen-bond acceptors (Lipinski definition) is 4. The molecule has 1 saturated heterocycles. The van der Waals surface area contributed by atoms with E-state index >= 15 is 0 Å². The van der Waals surface area contributed by atoms with Gasteiger partial charge in [0.15, 0.2) is 5.13 Å². The van der Waals surface area contributed by atoms with Crippen LogP contribution in [0.15, 0.2) is 24.4 Å². The Balaban J connectivity index is 0.00000208. The van der Waals surface area contributed by atoms with Gasteiger partial charge in [0.2, 0.25) is 5.91 Å². The van der Waals surface area contributed by atoms with E-state index in [9.17, 15) is 9.18 Å². The first-order valence-corrected chi connectivity index (χ1v) is 8.65. The molecule has 0 aliphatic carbocycles. The molecule has 4 nitrogen and oxygen atoms in total. The number of carbonyl (C=O) groups is 1. The molecule has 1 amide bonds. The van der Waals surface area contributed by atoms with Crippen molar-refractivity contribution >= 4 is 34.8 Å². The van der Waals surface area contributed by atoms with Gasteiger partial charge in [-0.3, -0.25) is 4.79 Å². The van der Waals surface area contributed by atoms with Crippen molar-refractivity contribution in [3.63, 3.8) is 0 Å². The fourth-order valence-corrected chi connectivity index (χ4v) is 3.53. The van der Waals surface area contributed by atoms with Crippen LogP contribution in [0.3, 0.4) is 0 Å². The average Bonchev–Trinajstić information content (AvgIpc) is 2.99. The summed E-state index contributed by atoms with van der Waals surface area (Å²) in [5.74, 6) is -0.146. The lowest BCUT2D eigenvalue weighted by molar-refractivity contribution is -0.120. The Hall–Kier alpha value is -1.50. The van der Waals surface area contributed by atoms with Gasteiger partial charge in [-0.25, -0.2) is 9.37 Å². The second kappa shape index (κ2) is 8.55. The molecule has 1 atom stereocenters. The molecule has 2 aromatic rings. The molecule has 2 heterocycles. The summed E-state index contributed by atoms with van der Waals surface area (Å²) in [7, 11) is 0. The van der Waals surface area contributed by atoms with Gasteiger partial charge in [0.25, 0.3) is 0 Å². The zero-order chi connectivity index (χ0) is 16.2. The number of hydrogen-bond donors (Lipinski definition) is 2. The van der Waals surface area contributed by atoms with E-state index < -0.39 is 0 Å². The molecule has 0 spiro atoms. The van der Waals surface area contributed by atoms with Crippen LogP contribution in [0.25, 0.3) is 0 Å². The third kappa shape index (κ3) is 4.75. The van der Waals surface area contributed by atoms with Crippen molar-refractivity contribution in [3.8, 4) is 0 Å². The van der Waals surface area contributed by atoms with Crippen LogP contribution in [-0.4, -0.2) is 24.0 Å². The van der Waals surface area contributed by atoms with Crippen LogP contribution in [0, 0.1) is 18.7 Å². The number of halogens is 2. The summed E-state index contributed by atoms with van der Waals surface area (Å²) in [6.07, 6.45) is 4.31. The second-order valence-electron chi connectivity index (χ2n) is 5.92. The molecule has 1 unspecified atom stereocenters. The number of carbonyl (C=O) groups excluding carboxylic acids is 1. The number of amides is 1. The molecule has 1 aliphatic rings. The Bertz CT molecular complexity index is 701. The normalized spacial score (nSPS) is 17.2. The molecule has 7 heteroatoms. The van der Waals surface area contributed by atoms with Gasteiger partial charge in [0.05, 0.1) is 5.92 Å². The van der Waals surface area contributed by atoms with Crippen LogP contribution >= 0.6 is 23.7 Å². The van der Waals surface area contributed by atoms with E-state index in [1.165, 1.54) is 11.3 Å². The molecule has 3 rings (SSSR count). The van der Waals surface area contributed by atoms with E-state index in [0.29, 0.717) is 17.1 Å². The molecule has 130 valence electrons. The molecule has 24 heavy (non-hydrogen) atoms. The summed E-state index contributed by atoms with van der Waals surface area (Å²) in [6.45, 7) is 3.46. The topological polar surface area (TPSA) is 54.0 Å². The van der Waals surface area contributed by atoms with Crippen molar-refractivity contribution in [1.29, 1.82) is 0 Å². The molecule has 1 aromatic heterocycles. The lowest BCUT2D eigenvalue weighted by atomic mass is 9.99. The smallest absolute Gasteiger partial charge is 0.230 e. The minimum absolute atomic E-state index is 0. The summed E-state index contributed by atoms with van der Waals surface area (Å²) in [4.78, 5) is 17.4. The Morgan fingerprint density at radius 1 is 1.50 bits per heavy atom. The van der Waals surface area contributed by atoms with Crippen LogP contribution in [0.1, 0.15) is 28.8 Å². The second-order valence-corrected chi connectivity index (χ2v) is 7.04. The van der Waals surface area contributed by atoms with E-state index in [-0.39, 0.29) is 30.0 Å². The number of aryl methyl sites for hydroxylation is 1. The number of piperidine rings is 1. The van der Waals surface area contributed by atoms with Gasteiger partial charge in [0, 0.05) is 24.0 Å². The first-order valence-electron chi connectivity index (χ1n) is 7.83. The highest BCUT2D eigenvalue weighted by Crippen LogP contribution is 2.23. The highest BCUT2D eigenvalue weighted by atomic mass is 35.5. The van der Waals surface area contributed by atoms with Crippen molar-refractivity contribution in [1.82, 2.24) is 10.3 Å². The van der Waals surface area contributed by atoms with Gasteiger partial charge < -0.3 is 10.6 Å². The predicted molar refractivity (Wildman–Crippen MR) is 97.5 cm³/mol. The molecule has 0 radical (unpaired) electrons. The minimum atomic E-state index is -0.189. The SMILES string of the molecule is Cc1ccc(Cc2cnc(NC(=O)C3CCCNC3)s2)cc1F.Cl. The molecule has 0 saturated carbocycles. The summed E-state index contributed by atoms with van der Waals surface area (Å²) >= 11 is 1.44. The lowest BCUT2D eigenvalue weighted by Crippen LogP contribution is -2.37. The van der Waals surface area contributed by atoms with Crippen LogP contribution in [-0.2, 0) is 11.2 Å². The summed E-state index contributed by atoms with van der Waals surface area (Å²) in [6, 6.07) is 5.26. The van der Waals surface area contributed by atoms with E-state index in [1.54, 1.807) is 25.3 Å². The van der Waals surface area contributed by atoms with Crippen LogP contribution < -0.4 is 10.6 Å². The van der Waals surface area contributed by atoms with Crippen molar-refractivity contribution < 1.29 is 9.18 Å². The van der Waals surface area contributed by atoms with E-state index in [0.717, 1.165) is 36.4 Å². The molecule has 2 N–H and O–H groups in total. The maximum absolute atomic E-state index is 13.6. The Labute approximate surface area is 151 Å². The van der Waals surface area contributed by atoms with Crippen molar-refractivity contribution in [3.05, 3.63) is 46.2 Å². The van der Waals surface area contributed by atoms with Gasteiger partial charge in [-0.05, 0) is 43.5 Å². The first kappa shape index (κ1) is 18.8. The third-order valence-electron chi connectivity index (χ3n) is 4.07. The molecule has 1 fully saturated rings. The summed E-state index contributed by atoms with van der Waals surface area (Å²) in [5.41, 5.74) is 1.55. The fourth-order valence-electron chi connectivity index (χ4n) is 2.68. The molecule has 1 aromatic carbocycles. The lowest BCUT2D eigenvalue weighted by Gasteiger charge is -2.21. The maximum atomic E-state index is 13.6. The number of thiazole rings is 1. The van der Waals surface area contributed by atoms with Gasteiger partial charge in [-0.1, -0.05) is 12.1 Å². The van der Waals surface area contributed by atoms with Gasteiger partial charge >= 0.3 is 0 Å². The maximum Gasteiger partial charge on any atom is 0.230 e. The molecular formula is C17H21ClFN3OS. The number of nitrogens with one attached hydrogen (secondary N) is 2. The third-order valence-corrected chi connectivity index (χ3v) is 4.98. The number of aromatic nitrogens is 1. The standard InChI is InChI=1S/C17H20FN3OS.ClH/c1-11-4-5-12(8-15(11)18)7-14-10-20-17(23-14)21-16(22)13-3-2-6-19-9-13;/h4-5,8,10,13,19H,2-3,6-7,9H2,1H3,(H,20,21,22);1H. The van der Waals surface area contributed by atoms with E-state index in [4.69, 9.17) is 0 Å². The number of rotatable bonds is 4. The van der Waals surface area contributed by atoms with Crippen LogP contribution in [0.5, 0.6) is 0 Å². The monoisotopic (exact) mass is 369 g/mol. The van der Waals surface area contributed by atoms with Crippen LogP contribution in [0.2, 0.25) is 0 Å². The summed E-state index contributed by atoms with van der Waals surface area (Å²) < 4.78 is 13.6. The molecule has 1 aliphatic heterocycles. The molecular weight excluding hydrogens is 349 g/mol. The van der Waals surface area contributed by atoms with Gasteiger partial charge in [0.1, 0.15) is 5.82 Å². The number of benzene rings is 1. The highest BCUT2D eigenvalue weighted by molar-refractivity contribution is 7.15. The quantitative estimate of drug-likeness (QED) is 0.866.